The van der Waals surface area contributed by atoms with Gasteiger partial charge in [-0.25, -0.2) is 0 Å². The van der Waals surface area contributed by atoms with Gasteiger partial charge in [0.1, 0.15) is 5.75 Å². The normalized spacial score (nSPS) is 26.3. The van der Waals surface area contributed by atoms with E-state index in [1.54, 1.807) is 24.3 Å². The molecule has 0 aromatic heterocycles. The number of benzene rings is 1. The zero-order chi connectivity index (χ0) is 15.5. The highest BCUT2D eigenvalue weighted by Crippen LogP contribution is 2.32. The Morgan fingerprint density at radius 3 is 2.57 bits per heavy atom. The molecule has 0 radical (unpaired) electrons. The standard InChI is InChI=1S/C16H23F2NO2/c1-11(2)8-16(3)10-19-9-14(21-16)12-4-6-13(7-5-12)20-15(17)18/h4-7,11,14-15,19H,8-10H2,1-3H3. The number of nitrogens with one attached hydrogen (secondary N) is 1. The smallest absolute Gasteiger partial charge is 0.387 e. The van der Waals surface area contributed by atoms with Crippen molar-refractivity contribution in [2.24, 2.45) is 5.92 Å². The number of halogens is 2. The van der Waals surface area contributed by atoms with Crippen LogP contribution in [0.1, 0.15) is 38.9 Å². The third-order valence-electron chi connectivity index (χ3n) is 3.57. The Kier molecular flexibility index (Phi) is 5.17. The van der Waals surface area contributed by atoms with E-state index >= 15 is 0 Å². The zero-order valence-electron chi connectivity index (χ0n) is 12.7. The van der Waals surface area contributed by atoms with Gasteiger partial charge in [-0.3, -0.25) is 0 Å². The minimum Gasteiger partial charge on any atom is -0.435 e. The second-order valence-corrected chi connectivity index (χ2v) is 6.23. The number of ether oxygens (including phenoxy) is 2. The lowest BCUT2D eigenvalue weighted by Gasteiger charge is -2.40. The highest BCUT2D eigenvalue weighted by molar-refractivity contribution is 5.29. The van der Waals surface area contributed by atoms with E-state index in [0.29, 0.717) is 5.92 Å². The lowest BCUT2D eigenvalue weighted by Crippen LogP contribution is -2.49. The lowest BCUT2D eigenvalue weighted by atomic mass is 9.91. The molecule has 1 heterocycles. The average molecular weight is 299 g/mol. The monoisotopic (exact) mass is 299 g/mol. The van der Waals surface area contributed by atoms with Gasteiger partial charge in [0.05, 0.1) is 11.7 Å². The van der Waals surface area contributed by atoms with E-state index in [0.717, 1.165) is 25.1 Å². The van der Waals surface area contributed by atoms with Crippen LogP contribution in [0.2, 0.25) is 0 Å². The maximum atomic E-state index is 12.1. The quantitative estimate of drug-likeness (QED) is 0.898. The fourth-order valence-corrected chi connectivity index (χ4v) is 2.93. The molecular weight excluding hydrogens is 276 g/mol. The molecule has 3 nitrogen and oxygen atoms in total. The van der Waals surface area contributed by atoms with E-state index in [-0.39, 0.29) is 17.5 Å². The third kappa shape index (κ3) is 4.64. The Hall–Kier alpha value is -1.20. The summed E-state index contributed by atoms with van der Waals surface area (Å²) in [6, 6.07) is 6.68. The molecule has 21 heavy (non-hydrogen) atoms. The van der Waals surface area contributed by atoms with E-state index in [9.17, 15) is 8.78 Å². The Labute approximate surface area is 124 Å². The Morgan fingerprint density at radius 1 is 1.33 bits per heavy atom. The van der Waals surface area contributed by atoms with Crippen molar-refractivity contribution >= 4 is 0 Å². The second-order valence-electron chi connectivity index (χ2n) is 6.23. The molecule has 1 fully saturated rings. The van der Waals surface area contributed by atoms with Crippen molar-refractivity contribution in [2.45, 2.75) is 45.5 Å². The molecule has 1 aromatic rings. The Morgan fingerprint density at radius 2 is 2.00 bits per heavy atom. The first kappa shape index (κ1) is 16.2. The van der Waals surface area contributed by atoms with Gasteiger partial charge in [-0.15, -0.1) is 0 Å². The van der Waals surface area contributed by atoms with E-state index in [4.69, 9.17) is 4.74 Å². The number of rotatable bonds is 5. The molecular formula is C16H23F2NO2. The van der Waals surface area contributed by atoms with Crippen LogP contribution in [0.5, 0.6) is 5.75 Å². The van der Waals surface area contributed by atoms with E-state index in [1.807, 2.05) is 0 Å². The summed E-state index contributed by atoms with van der Waals surface area (Å²) in [6.45, 7) is 5.22. The summed E-state index contributed by atoms with van der Waals surface area (Å²) in [5.41, 5.74) is 0.772. The minimum absolute atomic E-state index is 0.0666. The van der Waals surface area contributed by atoms with Crippen LogP contribution in [0, 0.1) is 5.92 Å². The van der Waals surface area contributed by atoms with Gasteiger partial charge >= 0.3 is 6.61 Å². The largest absolute Gasteiger partial charge is 0.435 e. The molecule has 0 aliphatic carbocycles. The topological polar surface area (TPSA) is 30.5 Å². The van der Waals surface area contributed by atoms with Crippen LogP contribution in [0.3, 0.4) is 0 Å². The molecule has 5 heteroatoms. The third-order valence-corrected chi connectivity index (χ3v) is 3.57. The van der Waals surface area contributed by atoms with Crippen molar-refractivity contribution in [1.82, 2.24) is 5.32 Å². The van der Waals surface area contributed by atoms with Gasteiger partial charge in [-0.2, -0.15) is 8.78 Å². The molecule has 1 aromatic carbocycles. The summed E-state index contributed by atoms with van der Waals surface area (Å²) in [4.78, 5) is 0. The van der Waals surface area contributed by atoms with Crippen molar-refractivity contribution in [3.63, 3.8) is 0 Å². The van der Waals surface area contributed by atoms with Gasteiger partial charge in [0.25, 0.3) is 0 Å². The molecule has 1 aliphatic rings. The molecule has 2 atom stereocenters. The molecule has 118 valence electrons. The van der Waals surface area contributed by atoms with Crippen molar-refractivity contribution in [1.29, 1.82) is 0 Å². The summed E-state index contributed by atoms with van der Waals surface area (Å²) in [7, 11) is 0. The van der Waals surface area contributed by atoms with E-state index in [2.05, 4.69) is 30.8 Å². The van der Waals surface area contributed by atoms with Crippen molar-refractivity contribution in [2.75, 3.05) is 13.1 Å². The predicted molar refractivity (Wildman–Crippen MR) is 77.6 cm³/mol. The van der Waals surface area contributed by atoms with Crippen molar-refractivity contribution in [3.8, 4) is 5.75 Å². The first-order chi connectivity index (χ1) is 9.88. The molecule has 1 saturated heterocycles. The average Bonchev–Trinajstić information content (AvgIpc) is 2.37. The van der Waals surface area contributed by atoms with Crippen LogP contribution >= 0.6 is 0 Å². The lowest BCUT2D eigenvalue weighted by molar-refractivity contribution is -0.117. The zero-order valence-corrected chi connectivity index (χ0v) is 12.7. The SMILES string of the molecule is CC(C)CC1(C)CNCC(c2ccc(OC(F)F)cc2)O1. The van der Waals surface area contributed by atoms with Crippen LogP contribution in [0.25, 0.3) is 0 Å². The van der Waals surface area contributed by atoms with Crippen LogP contribution in [-0.4, -0.2) is 25.3 Å². The van der Waals surface area contributed by atoms with Crippen molar-refractivity contribution in [3.05, 3.63) is 29.8 Å². The molecule has 0 amide bonds. The fraction of sp³-hybridized carbons (Fsp3) is 0.625. The number of hydrogen-bond donors (Lipinski definition) is 1. The summed E-state index contributed by atoms with van der Waals surface area (Å²) < 4.78 is 34.9. The fourth-order valence-electron chi connectivity index (χ4n) is 2.93. The van der Waals surface area contributed by atoms with Gasteiger partial charge in [0.15, 0.2) is 0 Å². The van der Waals surface area contributed by atoms with Gasteiger partial charge < -0.3 is 14.8 Å². The van der Waals surface area contributed by atoms with Gasteiger partial charge in [-0.05, 0) is 37.0 Å². The Balaban J connectivity index is 2.04. The van der Waals surface area contributed by atoms with Crippen LogP contribution < -0.4 is 10.1 Å². The molecule has 0 spiro atoms. The highest BCUT2D eigenvalue weighted by Gasteiger charge is 2.34. The molecule has 1 N–H and O–H groups in total. The highest BCUT2D eigenvalue weighted by atomic mass is 19.3. The first-order valence-corrected chi connectivity index (χ1v) is 7.31. The Bertz CT molecular complexity index is 450. The molecule has 2 rings (SSSR count). The minimum atomic E-state index is -2.79. The molecule has 0 saturated carbocycles. The number of alkyl halides is 2. The van der Waals surface area contributed by atoms with Gasteiger partial charge in [0, 0.05) is 13.1 Å². The summed E-state index contributed by atoms with van der Waals surface area (Å²) in [6.07, 6.45) is 0.909. The first-order valence-electron chi connectivity index (χ1n) is 7.31. The second kappa shape index (κ2) is 6.71. The van der Waals surface area contributed by atoms with Crippen molar-refractivity contribution < 1.29 is 18.3 Å². The van der Waals surface area contributed by atoms with Gasteiger partial charge in [0.2, 0.25) is 0 Å². The predicted octanol–water partition coefficient (Wildman–Crippen LogP) is 3.75. The van der Waals surface area contributed by atoms with Gasteiger partial charge in [-0.1, -0.05) is 26.0 Å². The molecule has 1 aliphatic heterocycles. The summed E-state index contributed by atoms with van der Waals surface area (Å²) in [5.74, 6) is 0.722. The summed E-state index contributed by atoms with van der Waals surface area (Å²) >= 11 is 0. The van der Waals surface area contributed by atoms with Crippen LogP contribution in [-0.2, 0) is 4.74 Å². The van der Waals surface area contributed by atoms with E-state index in [1.165, 1.54) is 0 Å². The summed E-state index contributed by atoms with van der Waals surface area (Å²) in [5, 5.41) is 3.40. The van der Waals surface area contributed by atoms with Crippen LogP contribution in [0.15, 0.2) is 24.3 Å². The maximum Gasteiger partial charge on any atom is 0.387 e. The molecule has 2 unspecified atom stereocenters. The molecule has 0 bridgehead atoms. The number of hydrogen-bond acceptors (Lipinski definition) is 3. The maximum absolute atomic E-state index is 12.1. The number of morpholine rings is 1. The van der Waals surface area contributed by atoms with E-state index < -0.39 is 6.61 Å². The van der Waals surface area contributed by atoms with Crippen LogP contribution in [0.4, 0.5) is 8.78 Å².